The summed E-state index contributed by atoms with van der Waals surface area (Å²) in [6.45, 7) is 27.1. The Morgan fingerprint density at radius 1 is 0.451 bits per heavy atom. The molecule has 0 aromatic heterocycles. The number of amidine groups is 2. The minimum absolute atomic E-state index is 0.110. The number of nitrogens with zero attached hydrogens (tertiary/aromatic N) is 4. The van der Waals surface area contributed by atoms with Gasteiger partial charge < -0.3 is 9.80 Å². The van der Waals surface area contributed by atoms with Crippen LogP contribution in [-0.4, -0.2) is 33.8 Å². The zero-order valence-corrected chi connectivity index (χ0v) is 32.5. The van der Waals surface area contributed by atoms with Crippen LogP contribution in [0.2, 0.25) is 0 Å². The number of fused-ring (bicyclic) bond motifs is 5. The van der Waals surface area contributed by atoms with Crippen molar-refractivity contribution in [3.05, 3.63) is 108 Å². The lowest BCUT2D eigenvalue weighted by atomic mass is 9.80. The molecule has 2 aliphatic heterocycles. The average molecular weight is 673 g/mol. The predicted molar refractivity (Wildman–Crippen MR) is 220 cm³/mol. The quantitative estimate of drug-likeness (QED) is 0.190. The summed E-state index contributed by atoms with van der Waals surface area (Å²) in [7, 11) is 0. The maximum atomic E-state index is 5.02. The SMILES string of the molecule is CC1=NC(C)(C)C(C)(C)N1c1ccc(-c2ccc3c(c2)C(C)(C)c2cc(-c4ccc(N5C(C)=NC(C)(C)C5(C)C)cc4)c4ccccc4c2-3)cc1. The summed E-state index contributed by atoms with van der Waals surface area (Å²) in [6, 6.07) is 36.7. The summed E-state index contributed by atoms with van der Waals surface area (Å²) in [5.74, 6) is 2.14. The molecule has 8 rings (SSSR count). The van der Waals surface area contributed by atoms with E-state index in [1.807, 2.05) is 0 Å². The first-order valence-corrected chi connectivity index (χ1v) is 18.5. The molecule has 260 valence electrons. The van der Waals surface area contributed by atoms with Crippen LogP contribution in [0.15, 0.2) is 107 Å². The Bertz CT molecular complexity index is 2300. The number of anilines is 2. The van der Waals surface area contributed by atoms with Crippen molar-refractivity contribution in [2.24, 2.45) is 9.98 Å². The Kier molecular flexibility index (Phi) is 6.99. The second-order valence-electron chi connectivity index (χ2n) is 17.6. The molecule has 0 spiro atoms. The molecule has 4 nitrogen and oxygen atoms in total. The van der Waals surface area contributed by atoms with E-state index in [1.54, 1.807) is 0 Å². The maximum absolute atomic E-state index is 5.02. The monoisotopic (exact) mass is 672 g/mol. The highest BCUT2D eigenvalue weighted by Crippen LogP contribution is 2.54. The van der Waals surface area contributed by atoms with Gasteiger partial charge >= 0.3 is 0 Å². The first-order chi connectivity index (χ1) is 23.9. The average Bonchev–Trinajstić information content (AvgIpc) is 3.47. The molecule has 3 aliphatic rings. The van der Waals surface area contributed by atoms with Gasteiger partial charge in [-0.2, -0.15) is 0 Å². The lowest BCUT2D eigenvalue weighted by molar-refractivity contribution is 0.338. The first kappa shape index (κ1) is 33.4. The van der Waals surface area contributed by atoms with Crippen molar-refractivity contribution >= 4 is 33.8 Å². The van der Waals surface area contributed by atoms with Crippen molar-refractivity contribution in [1.82, 2.24) is 0 Å². The third kappa shape index (κ3) is 4.64. The molecule has 0 N–H and O–H groups in total. The molecule has 0 unspecified atom stereocenters. The van der Waals surface area contributed by atoms with Crippen LogP contribution in [0.3, 0.4) is 0 Å². The summed E-state index contributed by atoms with van der Waals surface area (Å²) in [4.78, 5) is 14.8. The standard InChI is InChI=1S/C47H52N4/c1-29-48-44(5,6)46(9,10)50(29)34-22-17-31(18-23-34)33-21-26-38-40(27-33)43(3,4)41-28-39(36-15-13-14-16-37(36)42(38)41)32-19-24-35(25-20-32)51-30(2)49-45(7,8)47(51,11)12/h13-28H,1-12H3. The molecule has 51 heavy (non-hydrogen) atoms. The molecule has 0 saturated carbocycles. The fraction of sp³-hybridized carbons (Fsp3) is 0.362. The molecule has 0 bridgehead atoms. The normalized spacial score (nSPS) is 20.3. The number of rotatable bonds is 4. The van der Waals surface area contributed by atoms with E-state index in [4.69, 9.17) is 9.98 Å². The van der Waals surface area contributed by atoms with Crippen LogP contribution in [0.25, 0.3) is 44.2 Å². The Balaban J connectivity index is 1.17. The third-order valence-corrected chi connectivity index (χ3v) is 13.2. The largest absolute Gasteiger partial charge is 0.322 e. The number of aliphatic imine (C=N–C) groups is 2. The van der Waals surface area contributed by atoms with Crippen molar-refractivity contribution < 1.29 is 0 Å². The van der Waals surface area contributed by atoms with E-state index in [9.17, 15) is 0 Å². The van der Waals surface area contributed by atoms with Gasteiger partial charge in [-0.15, -0.1) is 0 Å². The molecule has 0 atom stereocenters. The van der Waals surface area contributed by atoms with E-state index in [0.717, 1.165) is 11.7 Å². The van der Waals surface area contributed by atoms with Gasteiger partial charge in [0.15, 0.2) is 0 Å². The van der Waals surface area contributed by atoms with Gasteiger partial charge in [0.05, 0.1) is 22.2 Å². The van der Waals surface area contributed by atoms with E-state index in [-0.39, 0.29) is 27.6 Å². The Morgan fingerprint density at radius 2 is 0.922 bits per heavy atom. The van der Waals surface area contributed by atoms with E-state index >= 15 is 0 Å². The second kappa shape index (κ2) is 10.7. The van der Waals surface area contributed by atoms with E-state index < -0.39 is 0 Å². The van der Waals surface area contributed by atoms with E-state index in [1.165, 1.54) is 66.7 Å². The maximum Gasteiger partial charge on any atom is 0.102 e. The molecule has 1 aliphatic carbocycles. The van der Waals surface area contributed by atoms with Crippen LogP contribution < -0.4 is 9.80 Å². The van der Waals surface area contributed by atoms with Crippen molar-refractivity contribution in [2.45, 2.75) is 111 Å². The zero-order valence-electron chi connectivity index (χ0n) is 32.5. The van der Waals surface area contributed by atoms with Crippen molar-refractivity contribution in [2.75, 3.05) is 9.80 Å². The minimum atomic E-state index is -0.160. The highest BCUT2D eigenvalue weighted by molar-refractivity contribution is 6.09. The summed E-state index contributed by atoms with van der Waals surface area (Å²) < 4.78 is 0. The lowest BCUT2D eigenvalue weighted by Crippen LogP contribution is -2.52. The summed E-state index contributed by atoms with van der Waals surface area (Å²) in [6.07, 6.45) is 0. The van der Waals surface area contributed by atoms with Gasteiger partial charge in [-0.3, -0.25) is 9.98 Å². The smallest absolute Gasteiger partial charge is 0.102 e. The van der Waals surface area contributed by atoms with Crippen molar-refractivity contribution in [3.8, 4) is 33.4 Å². The summed E-state index contributed by atoms with van der Waals surface area (Å²) in [5.41, 5.74) is 12.2. The molecule has 5 aromatic carbocycles. The highest BCUT2D eigenvalue weighted by atomic mass is 15.3. The molecule has 0 amide bonds. The van der Waals surface area contributed by atoms with Crippen LogP contribution >= 0.6 is 0 Å². The molecule has 0 radical (unpaired) electrons. The number of hydrogen-bond acceptors (Lipinski definition) is 4. The zero-order chi connectivity index (χ0) is 36.5. The van der Waals surface area contributed by atoms with Gasteiger partial charge in [-0.05, 0) is 161 Å². The molecule has 2 heterocycles. The number of benzene rings is 5. The predicted octanol–water partition coefficient (Wildman–Crippen LogP) is 12.1. The van der Waals surface area contributed by atoms with Crippen LogP contribution in [0, 0.1) is 0 Å². The van der Waals surface area contributed by atoms with Gasteiger partial charge in [-0.1, -0.05) is 74.5 Å². The Hall–Kier alpha value is -4.70. The second-order valence-corrected chi connectivity index (χ2v) is 17.6. The van der Waals surface area contributed by atoms with Gasteiger partial charge in [0.25, 0.3) is 0 Å². The van der Waals surface area contributed by atoms with Crippen LogP contribution in [-0.2, 0) is 5.41 Å². The van der Waals surface area contributed by atoms with E-state index in [0.29, 0.717) is 0 Å². The van der Waals surface area contributed by atoms with Gasteiger partial charge in [0, 0.05) is 16.8 Å². The molecule has 0 saturated heterocycles. The summed E-state index contributed by atoms with van der Waals surface area (Å²) in [5, 5.41) is 2.61. The summed E-state index contributed by atoms with van der Waals surface area (Å²) >= 11 is 0. The van der Waals surface area contributed by atoms with Crippen LogP contribution in [0.5, 0.6) is 0 Å². The molecule has 0 fully saturated rings. The van der Waals surface area contributed by atoms with Crippen LogP contribution in [0.1, 0.15) is 94.2 Å². The van der Waals surface area contributed by atoms with Gasteiger partial charge in [0.2, 0.25) is 0 Å². The molecule has 5 aromatic rings. The highest BCUT2D eigenvalue weighted by Gasteiger charge is 2.49. The third-order valence-electron chi connectivity index (χ3n) is 13.2. The van der Waals surface area contributed by atoms with Crippen molar-refractivity contribution in [3.63, 3.8) is 0 Å². The fourth-order valence-electron chi connectivity index (χ4n) is 9.15. The first-order valence-electron chi connectivity index (χ1n) is 18.5. The van der Waals surface area contributed by atoms with Crippen molar-refractivity contribution in [1.29, 1.82) is 0 Å². The minimum Gasteiger partial charge on any atom is -0.322 e. The number of hydrogen-bond donors (Lipinski definition) is 0. The molecule has 4 heteroatoms. The van der Waals surface area contributed by atoms with Gasteiger partial charge in [-0.25, -0.2) is 0 Å². The molecular weight excluding hydrogens is 621 g/mol. The van der Waals surface area contributed by atoms with Gasteiger partial charge in [0.1, 0.15) is 11.7 Å². The molecular formula is C47H52N4. The Labute approximate surface area is 305 Å². The van der Waals surface area contributed by atoms with Crippen LogP contribution in [0.4, 0.5) is 11.4 Å². The topological polar surface area (TPSA) is 31.2 Å². The lowest BCUT2D eigenvalue weighted by Gasteiger charge is -2.41. The fourth-order valence-corrected chi connectivity index (χ4v) is 9.15. The van der Waals surface area contributed by atoms with E-state index in [2.05, 4.69) is 190 Å². The Morgan fingerprint density at radius 3 is 1.41 bits per heavy atom.